The topological polar surface area (TPSA) is 66.9 Å². The SMILES string of the molecule is CCCCCCOCCOCCOC(=O)CCCCCCCCCCOc1ccc2nc(C)sc2c1. The number of carbonyl (C=O) groups is 1. The molecule has 0 spiro atoms. The van der Waals surface area contributed by atoms with E-state index >= 15 is 0 Å². The molecule has 204 valence electrons. The van der Waals surface area contributed by atoms with Crippen molar-refractivity contribution in [2.75, 3.05) is 39.6 Å². The maximum Gasteiger partial charge on any atom is 0.305 e. The van der Waals surface area contributed by atoms with Crippen molar-refractivity contribution in [3.63, 3.8) is 0 Å². The van der Waals surface area contributed by atoms with Crippen molar-refractivity contribution in [2.24, 2.45) is 0 Å². The summed E-state index contributed by atoms with van der Waals surface area (Å²) in [6, 6.07) is 6.15. The Hall–Kier alpha value is -1.70. The van der Waals surface area contributed by atoms with E-state index in [9.17, 15) is 4.79 Å². The zero-order chi connectivity index (χ0) is 25.7. The van der Waals surface area contributed by atoms with Gasteiger partial charge in [0.25, 0.3) is 0 Å². The Kier molecular flexibility index (Phi) is 17.3. The van der Waals surface area contributed by atoms with E-state index in [4.69, 9.17) is 18.9 Å². The van der Waals surface area contributed by atoms with Gasteiger partial charge in [0.15, 0.2) is 0 Å². The van der Waals surface area contributed by atoms with E-state index in [-0.39, 0.29) is 5.97 Å². The Morgan fingerprint density at radius 3 is 2.19 bits per heavy atom. The van der Waals surface area contributed by atoms with Gasteiger partial charge in [0.1, 0.15) is 12.4 Å². The summed E-state index contributed by atoms with van der Waals surface area (Å²) in [6.45, 7) is 7.75. The Morgan fingerprint density at radius 1 is 0.778 bits per heavy atom. The molecule has 0 saturated heterocycles. The number of fused-ring (bicyclic) bond motifs is 1. The number of aromatic nitrogens is 1. The molecule has 0 aliphatic rings. The first kappa shape index (κ1) is 30.5. The fraction of sp³-hybridized carbons (Fsp3) is 0.724. The minimum atomic E-state index is -0.115. The van der Waals surface area contributed by atoms with Gasteiger partial charge in [-0.05, 0) is 44.4 Å². The first-order valence-corrected chi connectivity index (χ1v) is 14.8. The Bertz CT molecular complexity index is 825. The van der Waals surface area contributed by atoms with Gasteiger partial charge in [0, 0.05) is 13.0 Å². The van der Waals surface area contributed by atoms with Crippen LogP contribution in [0.2, 0.25) is 0 Å². The molecular formula is C29H47NO5S. The van der Waals surface area contributed by atoms with Crippen LogP contribution in [-0.4, -0.2) is 50.6 Å². The summed E-state index contributed by atoms with van der Waals surface area (Å²) in [4.78, 5) is 16.3. The first-order chi connectivity index (χ1) is 17.7. The van der Waals surface area contributed by atoms with Crippen molar-refractivity contribution in [3.05, 3.63) is 23.2 Å². The van der Waals surface area contributed by atoms with Gasteiger partial charge in [0.2, 0.25) is 0 Å². The third-order valence-electron chi connectivity index (χ3n) is 6.02. The quantitative estimate of drug-likeness (QED) is 0.110. The fourth-order valence-electron chi connectivity index (χ4n) is 3.97. The molecule has 1 aromatic heterocycles. The second kappa shape index (κ2) is 20.4. The van der Waals surface area contributed by atoms with E-state index in [1.807, 2.05) is 19.1 Å². The summed E-state index contributed by atoms with van der Waals surface area (Å²) in [6.07, 6.45) is 14.5. The van der Waals surface area contributed by atoms with Crippen LogP contribution in [0.1, 0.15) is 95.4 Å². The number of esters is 1. The summed E-state index contributed by atoms with van der Waals surface area (Å²) < 4.78 is 23.3. The van der Waals surface area contributed by atoms with Crippen molar-refractivity contribution in [3.8, 4) is 5.75 Å². The molecule has 0 atom stereocenters. The Labute approximate surface area is 222 Å². The molecule has 2 aromatic rings. The predicted octanol–water partition coefficient (Wildman–Crippen LogP) is 7.65. The monoisotopic (exact) mass is 521 g/mol. The number of hydrogen-bond acceptors (Lipinski definition) is 7. The lowest BCUT2D eigenvalue weighted by molar-refractivity contribution is -0.145. The van der Waals surface area contributed by atoms with Gasteiger partial charge in [-0.2, -0.15) is 0 Å². The third kappa shape index (κ3) is 14.8. The van der Waals surface area contributed by atoms with Crippen LogP contribution in [0.5, 0.6) is 5.75 Å². The summed E-state index contributed by atoms with van der Waals surface area (Å²) >= 11 is 1.71. The largest absolute Gasteiger partial charge is 0.494 e. The van der Waals surface area contributed by atoms with Crippen LogP contribution >= 0.6 is 11.3 Å². The highest BCUT2D eigenvalue weighted by molar-refractivity contribution is 7.18. The van der Waals surface area contributed by atoms with Crippen LogP contribution in [0.15, 0.2) is 18.2 Å². The predicted molar refractivity (Wildman–Crippen MR) is 148 cm³/mol. The molecule has 0 aliphatic heterocycles. The normalized spacial score (nSPS) is 11.3. The van der Waals surface area contributed by atoms with Gasteiger partial charge in [-0.25, -0.2) is 4.98 Å². The minimum Gasteiger partial charge on any atom is -0.494 e. The zero-order valence-electron chi connectivity index (χ0n) is 22.6. The molecule has 0 radical (unpaired) electrons. The van der Waals surface area contributed by atoms with E-state index in [0.717, 1.165) is 55.2 Å². The van der Waals surface area contributed by atoms with Gasteiger partial charge < -0.3 is 18.9 Å². The van der Waals surface area contributed by atoms with Crippen LogP contribution in [0.3, 0.4) is 0 Å². The third-order valence-corrected chi connectivity index (χ3v) is 6.95. The molecule has 0 unspecified atom stereocenters. The van der Waals surface area contributed by atoms with Gasteiger partial charge in [-0.15, -0.1) is 11.3 Å². The molecule has 36 heavy (non-hydrogen) atoms. The number of carbonyl (C=O) groups excluding carboxylic acids is 1. The summed E-state index contributed by atoms with van der Waals surface area (Å²) in [5, 5.41) is 1.09. The van der Waals surface area contributed by atoms with Crippen molar-refractivity contribution in [2.45, 2.75) is 97.3 Å². The van der Waals surface area contributed by atoms with Gasteiger partial charge in [-0.1, -0.05) is 64.7 Å². The fourth-order valence-corrected chi connectivity index (χ4v) is 4.83. The molecule has 2 rings (SSSR count). The van der Waals surface area contributed by atoms with E-state index in [1.54, 1.807) is 11.3 Å². The smallest absolute Gasteiger partial charge is 0.305 e. The van der Waals surface area contributed by atoms with Crippen LogP contribution in [0.4, 0.5) is 0 Å². The van der Waals surface area contributed by atoms with Crippen LogP contribution in [-0.2, 0) is 19.0 Å². The van der Waals surface area contributed by atoms with E-state index in [2.05, 4.69) is 18.0 Å². The standard InChI is InChI=1S/C29H47NO5S/c1-3-4-5-13-18-32-20-21-33-22-23-35-29(31)15-12-10-8-6-7-9-11-14-19-34-26-16-17-27-28(24-26)36-25(2)30-27/h16-17,24H,3-15,18-23H2,1-2H3. The molecule has 6 nitrogen and oxygen atoms in total. The average Bonchev–Trinajstić information content (AvgIpc) is 3.25. The number of thiazole rings is 1. The van der Waals surface area contributed by atoms with Gasteiger partial charge in [0.05, 0.1) is 41.7 Å². The molecule has 0 saturated carbocycles. The molecule has 0 fully saturated rings. The highest BCUT2D eigenvalue weighted by atomic mass is 32.1. The molecule has 0 N–H and O–H groups in total. The first-order valence-electron chi connectivity index (χ1n) is 14.0. The average molecular weight is 522 g/mol. The van der Waals surface area contributed by atoms with Crippen LogP contribution < -0.4 is 4.74 Å². The molecule has 0 aliphatic carbocycles. The highest BCUT2D eigenvalue weighted by Crippen LogP contribution is 2.26. The minimum absolute atomic E-state index is 0.115. The lowest BCUT2D eigenvalue weighted by atomic mass is 10.1. The summed E-state index contributed by atoms with van der Waals surface area (Å²) in [7, 11) is 0. The highest BCUT2D eigenvalue weighted by Gasteiger charge is 2.04. The van der Waals surface area contributed by atoms with Gasteiger partial charge in [-0.3, -0.25) is 4.79 Å². The van der Waals surface area contributed by atoms with E-state index < -0.39 is 0 Å². The van der Waals surface area contributed by atoms with Gasteiger partial charge >= 0.3 is 5.97 Å². The number of benzene rings is 1. The molecule has 7 heteroatoms. The van der Waals surface area contributed by atoms with Crippen molar-refractivity contribution >= 4 is 27.5 Å². The summed E-state index contributed by atoms with van der Waals surface area (Å²) in [5.74, 6) is 0.825. The number of unbranched alkanes of at least 4 members (excludes halogenated alkanes) is 10. The maximum absolute atomic E-state index is 11.8. The molecule has 0 amide bonds. The zero-order valence-corrected chi connectivity index (χ0v) is 23.4. The number of rotatable bonds is 23. The van der Waals surface area contributed by atoms with Crippen molar-refractivity contribution in [1.82, 2.24) is 4.98 Å². The Morgan fingerprint density at radius 2 is 1.42 bits per heavy atom. The Balaban J connectivity index is 1.29. The molecule has 1 aromatic carbocycles. The molecular weight excluding hydrogens is 474 g/mol. The lowest BCUT2D eigenvalue weighted by Gasteiger charge is -2.07. The van der Waals surface area contributed by atoms with Crippen LogP contribution in [0.25, 0.3) is 10.2 Å². The molecule has 1 heterocycles. The van der Waals surface area contributed by atoms with Crippen molar-refractivity contribution in [1.29, 1.82) is 0 Å². The second-order valence-electron chi connectivity index (χ2n) is 9.30. The van der Waals surface area contributed by atoms with Crippen LogP contribution in [0, 0.1) is 6.92 Å². The van der Waals surface area contributed by atoms with E-state index in [1.165, 1.54) is 56.1 Å². The number of aryl methyl sites for hydroxylation is 1. The van der Waals surface area contributed by atoms with Crippen molar-refractivity contribution < 1.29 is 23.7 Å². The number of nitrogens with zero attached hydrogens (tertiary/aromatic N) is 1. The second-order valence-corrected chi connectivity index (χ2v) is 10.5. The number of ether oxygens (including phenoxy) is 4. The van der Waals surface area contributed by atoms with E-state index in [0.29, 0.717) is 32.8 Å². The maximum atomic E-state index is 11.8. The molecule has 0 bridgehead atoms. The summed E-state index contributed by atoms with van der Waals surface area (Å²) in [5.41, 5.74) is 1.05. The number of hydrogen-bond donors (Lipinski definition) is 0. The lowest BCUT2D eigenvalue weighted by Crippen LogP contribution is -2.13.